The van der Waals surface area contributed by atoms with E-state index in [1.807, 2.05) is 0 Å². The molecule has 0 aliphatic carbocycles. The van der Waals surface area contributed by atoms with E-state index in [0.717, 1.165) is 26.7 Å². The topological polar surface area (TPSA) is 178 Å². The van der Waals surface area contributed by atoms with Crippen molar-refractivity contribution in [2.24, 2.45) is 0 Å². The van der Waals surface area contributed by atoms with Gasteiger partial charge in [0.2, 0.25) is 17.8 Å². The SMILES string of the molecule is N#CO.Nc1nc(N)nc(N)n1.[O]=[Ti]. The second-order valence-corrected chi connectivity index (χ2v) is 1.51. The van der Waals surface area contributed by atoms with Gasteiger partial charge in [-0.2, -0.15) is 20.2 Å². The Hall–Kier alpha value is -1.79. The molecule has 9 nitrogen and oxygen atoms in total. The Labute approximate surface area is 90.7 Å². The van der Waals surface area contributed by atoms with Gasteiger partial charge in [0, 0.05) is 0 Å². The molecule has 74 valence electrons. The van der Waals surface area contributed by atoms with E-state index in [2.05, 4.69) is 15.0 Å². The van der Waals surface area contributed by atoms with Gasteiger partial charge in [0.15, 0.2) is 0 Å². The van der Waals surface area contributed by atoms with Gasteiger partial charge in [0.1, 0.15) is 0 Å². The molecule has 1 aromatic heterocycles. The normalized spacial score (nSPS) is 6.71. The summed E-state index contributed by atoms with van der Waals surface area (Å²) < 4.78 is 8.25. The summed E-state index contributed by atoms with van der Waals surface area (Å²) in [6, 6.07) is 0. The van der Waals surface area contributed by atoms with E-state index in [1.54, 1.807) is 0 Å². The molecule has 0 unspecified atom stereocenters. The number of aromatic nitrogens is 3. The van der Waals surface area contributed by atoms with Crippen molar-refractivity contribution in [1.29, 1.82) is 5.26 Å². The first-order valence-corrected chi connectivity index (χ1v) is 3.50. The van der Waals surface area contributed by atoms with Crippen molar-refractivity contribution in [2.75, 3.05) is 17.2 Å². The van der Waals surface area contributed by atoms with E-state index in [4.69, 9.17) is 30.9 Å². The summed E-state index contributed by atoms with van der Waals surface area (Å²) in [5.74, 6) is 0.125. The molecule has 0 radical (unpaired) electrons. The molecular weight excluding hydrogens is 226 g/mol. The van der Waals surface area contributed by atoms with Crippen LogP contribution >= 0.6 is 0 Å². The average molecular weight is 233 g/mol. The fourth-order valence-corrected chi connectivity index (χ4v) is 0.427. The summed E-state index contributed by atoms with van der Waals surface area (Å²) >= 11 is 0.750. The number of nitrogens with two attached hydrogens (primary N) is 3. The molecule has 0 amide bonds. The Morgan fingerprint density at radius 3 is 1.36 bits per heavy atom. The number of hydrogen-bond donors (Lipinski definition) is 4. The molecule has 0 spiro atoms. The van der Waals surface area contributed by atoms with Gasteiger partial charge in [0.05, 0.1) is 0 Å². The van der Waals surface area contributed by atoms with Gasteiger partial charge in [-0.15, -0.1) is 0 Å². The van der Waals surface area contributed by atoms with Crippen molar-refractivity contribution in [1.82, 2.24) is 15.0 Å². The van der Waals surface area contributed by atoms with Crippen molar-refractivity contribution in [2.45, 2.75) is 0 Å². The maximum absolute atomic E-state index is 8.25. The second-order valence-electron chi connectivity index (χ2n) is 1.51. The molecule has 0 saturated carbocycles. The predicted octanol–water partition coefficient (Wildman–Crippen LogP) is -1.66. The summed E-state index contributed by atoms with van der Waals surface area (Å²) in [6.07, 6.45) is 0.750. The van der Waals surface area contributed by atoms with E-state index < -0.39 is 0 Å². The zero-order valence-corrected chi connectivity index (χ0v) is 8.44. The van der Waals surface area contributed by atoms with Crippen LogP contribution in [-0.2, 0) is 23.7 Å². The van der Waals surface area contributed by atoms with Gasteiger partial charge in [-0.25, -0.2) is 0 Å². The predicted molar refractivity (Wildman–Crippen MR) is 41.3 cm³/mol. The third kappa shape index (κ3) is 8.31. The van der Waals surface area contributed by atoms with Crippen LogP contribution in [0.3, 0.4) is 0 Å². The number of hydrogen-bond acceptors (Lipinski definition) is 9. The first-order chi connectivity index (χ1) is 6.60. The monoisotopic (exact) mass is 233 g/mol. The summed E-state index contributed by atoms with van der Waals surface area (Å²) in [5, 5.41) is 13.8. The molecule has 14 heavy (non-hydrogen) atoms. The zero-order chi connectivity index (χ0) is 11.6. The van der Waals surface area contributed by atoms with Crippen molar-refractivity contribution in [3.05, 3.63) is 0 Å². The molecule has 10 heteroatoms. The number of nitriles is 1. The van der Waals surface area contributed by atoms with Gasteiger partial charge in [0.25, 0.3) is 6.26 Å². The van der Waals surface area contributed by atoms with Crippen LogP contribution in [0.4, 0.5) is 17.8 Å². The summed E-state index contributed by atoms with van der Waals surface area (Å²) in [7, 11) is 0. The zero-order valence-electron chi connectivity index (χ0n) is 6.88. The quantitative estimate of drug-likeness (QED) is 0.301. The maximum atomic E-state index is 8.25. The molecule has 0 saturated heterocycles. The Morgan fingerprint density at radius 2 is 1.21 bits per heavy atom. The first-order valence-electron chi connectivity index (χ1n) is 2.86. The van der Waals surface area contributed by atoms with E-state index in [0.29, 0.717) is 0 Å². The Balaban J connectivity index is 0. The second kappa shape index (κ2) is 9.30. The van der Waals surface area contributed by atoms with Gasteiger partial charge < -0.3 is 22.3 Å². The van der Waals surface area contributed by atoms with E-state index >= 15 is 0 Å². The molecule has 0 aromatic carbocycles. The Morgan fingerprint density at radius 1 is 1.07 bits per heavy atom. The van der Waals surface area contributed by atoms with E-state index in [-0.39, 0.29) is 17.8 Å². The third-order valence-electron chi connectivity index (χ3n) is 0.687. The van der Waals surface area contributed by atoms with Crippen molar-refractivity contribution in [3.8, 4) is 6.26 Å². The number of rotatable bonds is 0. The van der Waals surface area contributed by atoms with Crippen LogP contribution in [-0.4, -0.2) is 20.1 Å². The minimum absolute atomic E-state index is 0.0417. The molecular formula is C4H7N7O2Ti. The fourth-order valence-electron chi connectivity index (χ4n) is 0.427. The molecule has 0 fully saturated rings. The number of aliphatic hydroxyl groups excluding tert-OH is 1. The van der Waals surface area contributed by atoms with Crippen LogP contribution in [0.25, 0.3) is 0 Å². The van der Waals surface area contributed by atoms with Gasteiger partial charge in [-0.1, -0.05) is 0 Å². The Kier molecular flexibility index (Phi) is 9.78. The number of nitrogens with zero attached hydrogens (tertiary/aromatic N) is 4. The van der Waals surface area contributed by atoms with E-state index in [9.17, 15) is 0 Å². The molecule has 1 heterocycles. The minimum atomic E-state index is 0.0417. The number of aliphatic hydroxyl groups is 1. The van der Waals surface area contributed by atoms with Gasteiger partial charge >= 0.3 is 23.7 Å². The molecule has 7 N–H and O–H groups in total. The first kappa shape index (κ1) is 14.7. The van der Waals surface area contributed by atoms with Crippen molar-refractivity contribution < 1.29 is 28.8 Å². The van der Waals surface area contributed by atoms with Crippen LogP contribution in [0, 0.1) is 11.5 Å². The van der Waals surface area contributed by atoms with Crippen LogP contribution in [0.1, 0.15) is 0 Å². The van der Waals surface area contributed by atoms with Gasteiger partial charge in [-0.05, 0) is 0 Å². The standard InChI is InChI=1S/C3H6N6.CHNO.O.Ti/c4-1-7-2(5)9-3(6)8-1;2-1-3;;/h(H6,4,5,6,7,8,9);3H;;. The van der Waals surface area contributed by atoms with Crippen molar-refractivity contribution >= 4 is 17.8 Å². The van der Waals surface area contributed by atoms with Crippen molar-refractivity contribution in [3.63, 3.8) is 0 Å². The van der Waals surface area contributed by atoms with Crippen LogP contribution < -0.4 is 17.2 Å². The molecule has 0 atom stereocenters. The fraction of sp³-hybridized carbons (Fsp3) is 0. The summed E-state index contributed by atoms with van der Waals surface area (Å²) in [4.78, 5) is 10.5. The molecule has 1 aromatic rings. The third-order valence-corrected chi connectivity index (χ3v) is 0.687. The summed E-state index contributed by atoms with van der Waals surface area (Å²) in [6.45, 7) is 0. The van der Waals surface area contributed by atoms with E-state index in [1.165, 1.54) is 0 Å². The van der Waals surface area contributed by atoms with Crippen LogP contribution in [0.2, 0.25) is 0 Å². The van der Waals surface area contributed by atoms with Gasteiger partial charge in [-0.3, -0.25) is 0 Å². The Bertz CT molecular complexity index is 263. The summed E-state index contributed by atoms with van der Waals surface area (Å²) in [5.41, 5.74) is 15.4. The molecule has 0 aliphatic heterocycles. The number of nitrogen functional groups attached to an aromatic ring is 3. The molecule has 0 aliphatic rings. The molecule has 0 bridgehead atoms. The molecule has 1 rings (SSSR count). The van der Waals surface area contributed by atoms with Crippen LogP contribution in [0.15, 0.2) is 0 Å². The van der Waals surface area contributed by atoms with Crippen LogP contribution in [0.5, 0.6) is 0 Å². The average Bonchev–Trinajstić information content (AvgIpc) is 2.06. The number of anilines is 3.